The van der Waals surface area contributed by atoms with Crippen LogP contribution in [0.1, 0.15) is 0 Å². The summed E-state index contributed by atoms with van der Waals surface area (Å²) < 4.78 is 0. The summed E-state index contributed by atoms with van der Waals surface area (Å²) in [5.74, 6) is 0. The molecule has 4 aromatic rings. The van der Waals surface area contributed by atoms with Gasteiger partial charge >= 0.3 is 0 Å². The minimum Gasteiger partial charge on any atom is -0.399 e. The number of rotatable bonds is 2. The lowest BCUT2D eigenvalue weighted by Gasteiger charge is -2.11. The van der Waals surface area contributed by atoms with Crippen LogP contribution in [0.5, 0.6) is 0 Å². The molecular formula is C20H17N5. The van der Waals surface area contributed by atoms with Crippen molar-refractivity contribution >= 4 is 28.1 Å². The number of fused-ring (bicyclic) bond motifs is 1. The molecule has 0 unspecified atom stereocenters. The quantitative estimate of drug-likeness (QED) is 0.487. The molecule has 0 saturated carbocycles. The lowest BCUT2D eigenvalue weighted by molar-refractivity contribution is 1.29. The van der Waals surface area contributed by atoms with Crippen LogP contribution in [0.3, 0.4) is 0 Å². The van der Waals surface area contributed by atoms with Crippen molar-refractivity contribution in [2.24, 2.45) is 0 Å². The second kappa shape index (κ2) is 5.79. The van der Waals surface area contributed by atoms with Crippen LogP contribution in [-0.2, 0) is 0 Å². The van der Waals surface area contributed by atoms with Crippen molar-refractivity contribution in [1.82, 2.24) is 9.97 Å². The molecule has 0 bridgehead atoms. The fourth-order valence-electron chi connectivity index (χ4n) is 2.76. The maximum Gasteiger partial charge on any atom is 0.0973 e. The second-order valence-corrected chi connectivity index (χ2v) is 5.91. The minimum absolute atomic E-state index is 0.658. The molecule has 0 amide bonds. The van der Waals surface area contributed by atoms with Gasteiger partial charge in [0.2, 0.25) is 0 Å². The molecule has 5 heteroatoms. The van der Waals surface area contributed by atoms with Gasteiger partial charge in [-0.25, -0.2) is 9.97 Å². The topological polar surface area (TPSA) is 104 Å². The van der Waals surface area contributed by atoms with Crippen LogP contribution in [0.4, 0.5) is 17.1 Å². The standard InChI is InChI=1S/C20H17N5/c21-14-5-1-12(2-6-14)19-20(13-3-7-15(22)8-4-13)25-18-11-16(23)9-10-17(18)24-19/h1-11H,21-23H2. The fourth-order valence-corrected chi connectivity index (χ4v) is 2.76. The third-order valence-electron chi connectivity index (χ3n) is 4.06. The first kappa shape index (κ1) is 15.0. The normalized spacial score (nSPS) is 10.9. The molecule has 4 rings (SSSR count). The third-order valence-corrected chi connectivity index (χ3v) is 4.06. The van der Waals surface area contributed by atoms with Crippen molar-refractivity contribution in [3.8, 4) is 22.5 Å². The number of benzene rings is 3. The first-order valence-electron chi connectivity index (χ1n) is 7.89. The highest BCUT2D eigenvalue weighted by Gasteiger charge is 2.13. The Balaban J connectivity index is 2.01. The average molecular weight is 327 g/mol. The predicted octanol–water partition coefficient (Wildman–Crippen LogP) is 3.71. The Hall–Kier alpha value is -3.60. The van der Waals surface area contributed by atoms with E-state index >= 15 is 0 Å². The van der Waals surface area contributed by atoms with Gasteiger partial charge in [-0.2, -0.15) is 0 Å². The summed E-state index contributed by atoms with van der Waals surface area (Å²) >= 11 is 0. The summed E-state index contributed by atoms with van der Waals surface area (Å²) in [5.41, 5.74) is 24.6. The highest BCUT2D eigenvalue weighted by Crippen LogP contribution is 2.32. The van der Waals surface area contributed by atoms with Crippen molar-refractivity contribution in [2.75, 3.05) is 17.2 Å². The van der Waals surface area contributed by atoms with Gasteiger partial charge < -0.3 is 17.2 Å². The summed E-state index contributed by atoms with van der Waals surface area (Å²) in [6.45, 7) is 0. The molecule has 0 atom stereocenters. The fraction of sp³-hybridized carbons (Fsp3) is 0. The maximum atomic E-state index is 5.90. The Morgan fingerprint density at radius 2 is 0.920 bits per heavy atom. The second-order valence-electron chi connectivity index (χ2n) is 5.91. The Morgan fingerprint density at radius 3 is 1.44 bits per heavy atom. The first-order valence-corrected chi connectivity index (χ1v) is 7.89. The Morgan fingerprint density at radius 1 is 0.480 bits per heavy atom. The molecule has 0 radical (unpaired) electrons. The molecule has 0 fully saturated rings. The molecule has 0 aliphatic rings. The molecule has 122 valence electrons. The van der Waals surface area contributed by atoms with E-state index in [1.807, 2.05) is 66.7 Å². The van der Waals surface area contributed by atoms with Gasteiger partial charge in [-0.05, 0) is 42.5 Å². The SMILES string of the molecule is Nc1ccc(-c2nc3ccc(N)cc3nc2-c2ccc(N)cc2)cc1. The lowest BCUT2D eigenvalue weighted by Crippen LogP contribution is -1.97. The number of aromatic nitrogens is 2. The minimum atomic E-state index is 0.658. The van der Waals surface area contributed by atoms with E-state index in [0.29, 0.717) is 17.1 Å². The zero-order valence-electron chi connectivity index (χ0n) is 13.5. The highest BCUT2D eigenvalue weighted by molar-refractivity contribution is 5.87. The zero-order chi connectivity index (χ0) is 17.4. The van der Waals surface area contributed by atoms with Crippen molar-refractivity contribution < 1.29 is 0 Å². The van der Waals surface area contributed by atoms with Crippen molar-refractivity contribution in [3.05, 3.63) is 66.7 Å². The molecule has 1 heterocycles. The highest BCUT2D eigenvalue weighted by atomic mass is 14.8. The Bertz CT molecular complexity index is 1050. The number of anilines is 3. The monoisotopic (exact) mass is 327 g/mol. The molecule has 5 nitrogen and oxygen atoms in total. The molecule has 0 aliphatic carbocycles. The number of nitrogens with two attached hydrogens (primary N) is 3. The number of nitrogens with zero attached hydrogens (tertiary/aromatic N) is 2. The van der Waals surface area contributed by atoms with Crippen LogP contribution < -0.4 is 17.2 Å². The van der Waals surface area contributed by atoms with Gasteiger partial charge in [0.1, 0.15) is 0 Å². The first-order chi connectivity index (χ1) is 12.1. The molecule has 25 heavy (non-hydrogen) atoms. The van der Waals surface area contributed by atoms with Crippen LogP contribution >= 0.6 is 0 Å². The van der Waals surface area contributed by atoms with E-state index in [9.17, 15) is 0 Å². The van der Waals surface area contributed by atoms with E-state index in [1.165, 1.54) is 0 Å². The summed E-state index contributed by atoms with van der Waals surface area (Å²) in [4.78, 5) is 9.65. The summed E-state index contributed by atoms with van der Waals surface area (Å²) in [6.07, 6.45) is 0. The van der Waals surface area contributed by atoms with E-state index in [0.717, 1.165) is 33.5 Å². The van der Waals surface area contributed by atoms with Gasteiger partial charge in [-0.1, -0.05) is 24.3 Å². The van der Waals surface area contributed by atoms with Gasteiger partial charge in [0.15, 0.2) is 0 Å². The third kappa shape index (κ3) is 2.83. The molecule has 0 saturated heterocycles. The van der Waals surface area contributed by atoms with Crippen LogP contribution in [0, 0.1) is 0 Å². The molecule has 0 aliphatic heterocycles. The summed E-state index contributed by atoms with van der Waals surface area (Å²) in [5, 5.41) is 0. The number of hydrogen-bond acceptors (Lipinski definition) is 5. The molecular weight excluding hydrogens is 310 g/mol. The van der Waals surface area contributed by atoms with Gasteiger partial charge in [-0.15, -0.1) is 0 Å². The zero-order valence-corrected chi connectivity index (χ0v) is 13.5. The molecule has 6 N–H and O–H groups in total. The van der Waals surface area contributed by atoms with Crippen LogP contribution in [-0.4, -0.2) is 9.97 Å². The van der Waals surface area contributed by atoms with Crippen LogP contribution in [0.2, 0.25) is 0 Å². The molecule has 0 spiro atoms. The molecule has 3 aromatic carbocycles. The largest absolute Gasteiger partial charge is 0.399 e. The predicted molar refractivity (Wildman–Crippen MR) is 104 cm³/mol. The molecule has 1 aromatic heterocycles. The number of nitrogen functional groups attached to an aromatic ring is 3. The maximum absolute atomic E-state index is 5.90. The van der Waals surface area contributed by atoms with E-state index in [-0.39, 0.29) is 0 Å². The Kier molecular flexibility index (Phi) is 3.47. The van der Waals surface area contributed by atoms with Gasteiger partial charge in [0.25, 0.3) is 0 Å². The smallest absolute Gasteiger partial charge is 0.0973 e. The van der Waals surface area contributed by atoms with Gasteiger partial charge in [-0.3, -0.25) is 0 Å². The van der Waals surface area contributed by atoms with Crippen molar-refractivity contribution in [1.29, 1.82) is 0 Å². The summed E-state index contributed by atoms with van der Waals surface area (Å²) in [7, 11) is 0. The van der Waals surface area contributed by atoms with Crippen LogP contribution in [0.25, 0.3) is 33.5 Å². The number of hydrogen-bond donors (Lipinski definition) is 3. The lowest BCUT2D eigenvalue weighted by atomic mass is 10.0. The van der Waals surface area contributed by atoms with E-state index < -0.39 is 0 Å². The van der Waals surface area contributed by atoms with Crippen molar-refractivity contribution in [2.45, 2.75) is 0 Å². The van der Waals surface area contributed by atoms with E-state index in [2.05, 4.69) is 0 Å². The van der Waals surface area contributed by atoms with E-state index in [4.69, 9.17) is 27.2 Å². The Labute approximate surface area is 145 Å². The van der Waals surface area contributed by atoms with E-state index in [1.54, 1.807) is 0 Å². The summed E-state index contributed by atoms with van der Waals surface area (Å²) in [6, 6.07) is 20.7. The van der Waals surface area contributed by atoms with Crippen molar-refractivity contribution in [3.63, 3.8) is 0 Å². The average Bonchev–Trinajstić information content (AvgIpc) is 2.62. The van der Waals surface area contributed by atoms with Gasteiger partial charge in [0, 0.05) is 28.2 Å². The van der Waals surface area contributed by atoms with Crippen LogP contribution in [0.15, 0.2) is 66.7 Å². The van der Waals surface area contributed by atoms with Gasteiger partial charge in [0.05, 0.1) is 22.4 Å².